The monoisotopic (exact) mass is 389 g/mol. The van der Waals surface area contributed by atoms with E-state index in [0.717, 1.165) is 16.3 Å². The molecule has 26 heavy (non-hydrogen) atoms. The molecule has 0 saturated carbocycles. The number of benzene rings is 2. The molecule has 0 saturated heterocycles. The number of halogens is 2. The number of hydrogen-bond acceptors (Lipinski definition) is 3. The van der Waals surface area contributed by atoms with Gasteiger partial charge in [0.25, 0.3) is 11.5 Å². The van der Waals surface area contributed by atoms with Gasteiger partial charge in [-0.3, -0.25) is 9.59 Å². The summed E-state index contributed by atoms with van der Waals surface area (Å²) in [4.78, 5) is 39.7. The summed E-state index contributed by atoms with van der Waals surface area (Å²) in [5.41, 5.74) is -0.0256. The number of rotatable bonds is 3. The first-order valence-corrected chi connectivity index (χ1v) is 8.30. The molecule has 132 valence electrons. The van der Waals surface area contributed by atoms with Gasteiger partial charge in [-0.25, -0.2) is 9.36 Å². The average molecular weight is 390 g/mol. The predicted octanol–water partition coefficient (Wildman–Crippen LogP) is 3.39. The Morgan fingerprint density at radius 1 is 1.08 bits per heavy atom. The molecule has 1 amide bonds. The van der Waals surface area contributed by atoms with Crippen molar-refractivity contribution in [3.8, 4) is 5.69 Å². The lowest BCUT2D eigenvalue weighted by Crippen LogP contribution is -2.38. The first-order chi connectivity index (χ1) is 12.4. The van der Waals surface area contributed by atoms with Gasteiger partial charge < -0.3 is 10.3 Å². The number of carbonyl (C=O) groups excluding carboxylic acids is 1. The fraction of sp³-hybridized carbons (Fsp3) is 0.0556. The quantitative estimate of drug-likeness (QED) is 0.719. The van der Waals surface area contributed by atoms with Gasteiger partial charge in [0.2, 0.25) is 0 Å². The molecule has 0 aliphatic heterocycles. The molecule has 3 rings (SSSR count). The van der Waals surface area contributed by atoms with E-state index in [1.165, 1.54) is 12.1 Å². The number of anilines is 1. The van der Waals surface area contributed by atoms with Crippen molar-refractivity contribution in [1.29, 1.82) is 0 Å². The van der Waals surface area contributed by atoms with Crippen molar-refractivity contribution < 1.29 is 4.79 Å². The normalized spacial score (nSPS) is 10.6. The maximum Gasteiger partial charge on any atom is 0.333 e. The molecule has 0 unspecified atom stereocenters. The molecular formula is C18H13Cl2N3O3. The van der Waals surface area contributed by atoms with E-state index in [1.54, 1.807) is 30.3 Å². The molecule has 6 nitrogen and oxygen atoms in total. The van der Waals surface area contributed by atoms with Crippen molar-refractivity contribution in [3.63, 3.8) is 0 Å². The number of amides is 1. The van der Waals surface area contributed by atoms with Crippen LogP contribution in [0.5, 0.6) is 0 Å². The van der Waals surface area contributed by atoms with Gasteiger partial charge >= 0.3 is 5.69 Å². The van der Waals surface area contributed by atoms with Crippen LogP contribution in [0.4, 0.5) is 5.69 Å². The highest BCUT2D eigenvalue weighted by atomic mass is 35.5. The second-order valence-corrected chi connectivity index (χ2v) is 6.41. The summed E-state index contributed by atoms with van der Waals surface area (Å²) in [7, 11) is 0. The summed E-state index contributed by atoms with van der Waals surface area (Å²) in [6.45, 7) is 1.88. The average Bonchev–Trinajstić information content (AvgIpc) is 2.60. The Kier molecular flexibility index (Phi) is 4.97. The van der Waals surface area contributed by atoms with Crippen LogP contribution < -0.4 is 16.6 Å². The minimum absolute atomic E-state index is 0.235. The van der Waals surface area contributed by atoms with Crippen molar-refractivity contribution in [2.75, 3.05) is 5.32 Å². The fourth-order valence-electron chi connectivity index (χ4n) is 2.35. The molecule has 1 heterocycles. The molecule has 0 radical (unpaired) electrons. The molecule has 2 N–H and O–H groups in total. The predicted molar refractivity (Wildman–Crippen MR) is 102 cm³/mol. The van der Waals surface area contributed by atoms with Crippen LogP contribution in [0.3, 0.4) is 0 Å². The zero-order chi connectivity index (χ0) is 18.8. The summed E-state index contributed by atoms with van der Waals surface area (Å²) in [5.74, 6) is -0.712. The van der Waals surface area contributed by atoms with Crippen molar-refractivity contribution in [1.82, 2.24) is 9.55 Å². The lowest BCUT2D eigenvalue weighted by Gasteiger charge is -2.09. The molecule has 0 atom stereocenters. The highest BCUT2D eigenvalue weighted by Gasteiger charge is 2.17. The Balaban J connectivity index is 2.03. The van der Waals surface area contributed by atoms with Gasteiger partial charge in [0.1, 0.15) is 5.56 Å². The van der Waals surface area contributed by atoms with E-state index in [1.807, 2.05) is 6.92 Å². The Bertz CT molecular complexity index is 1100. The van der Waals surface area contributed by atoms with Gasteiger partial charge in [-0.05, 0) is 37.3 Å². The van der Waals surface area contributed by atoms with E-state index in [-0.39, 0.29) is 16.3 Å². The number of H-pyrrole nitrogens is 1. The molecule has 0 aliphatic carbocycles. The summed E-state index contributed by atoms with van der Waals surface area (Å²) in [6.07, 6.45) is 1.07. The van der Waals surface area contributed by atoms with E-state index >= 15 is 0 Å². The molecule has 1 aromatic heterocycles. The topological polar surface area (TPSA) is 84.0 Å². The third-order valence-electron chi connectivity index (χ3n) is 3.69. The Morgan fingerprint density at radius 2 is 1.77 bits per heavy atom. The van der Waals surface area contributed by atoms with E-state index in [4.69, 9.17) is 23.2 Å². The van der Waals surface area contributed by atoms with Crippen LogP contribution in [-0.4, -0.2) is 15.5 Å². The minimum atomic E-state index is -0.742. The van der Waals surface area contributed by atoms with Gasteiger partial charge in [-0.15, -0.1) is 0 Å². The molecule has 0 aliphatic rings. The minimum Gasteiger partial charge on any atom is -0.320 e. The van der Waals surface area contributed by atoms with E-state index in [9.17, 15) is 14.4 Å². The van der Waals surface area contributed by atoms with Crippen LogP contribution in [0.25, 0.3) is 5.69 Å². The lowest BCUT2D eigenvalue weighted by molar-refractivity contribution is 0.102. The number of carbonyl (C=O) groups is 1. The first kappa shape index (κ1) is 18.0. The third kappa shape index (κ3) is 3.56. The molecule has 0 spiro atoms. The Labute approximate surface area is 158 Å². The highest BCUT2D eigenvalue weighted by molar-refractivity contribution is 6.35. The maximum absolute atomic E-state index is 12.7. The molecule has 0 bridgehead atoms. The van der Waals surface area contributed by atoms with Crippen LogP contribution in [0.1, 0.15) is 15.9 Å². The second kappa shape index (κ2) is 7.19. The molecule has 3 aromatic rings. The second-order valence-electron chi connectivity index (χ2n) is 5.56. The molecule has 2 aromatic carbocycles. The van der Waals surface area contributed by atoms with E-state index in [0.29, 0.717) is 10.7 Å². The third-order valence-corrected chi connectivity index (χ3v) is 4.25. The van der Waals surface area contributed by atoms with Gasteiger partial charge in [0, 0.05) is 11.2 Å². The van der Waals surface area contributed by atoms with E-state index in [2.05, 4.69) is 10.3 Å². The van der Waals surface area contributed by atoms with E-state index < -0.39 is 17.2 Å². The van der Waals surface area contributed by atoms with Crippen LogP contribution >= 0.6 is 23.2 Å². The summed E-state index contributed by atoms with van der Waals surface area (Å²) >= 11 is 11.9. The highest BCUT2D eigenvalue weighted by Crippen LogP contribution is 2.25. The van der Waals surface area contributed by atoms with Crippen molar-refractivity contribution >= 4 is 34.8 Å². The summed E-state index contributed by atoms with van der Waals surface area (Å²) < 4.78 is 0.897. The van der Waals surface area contributed by atoms with Gasteiger partial charge in [-0.1, -0.05) is 40.9 Å². The number of aryl methyl sites for hydroxylation is 1. The van der Waals surface area contributed by atoms with Gasteiger partial charge in [0.15, 0.2) is 0 Å². The Hall–Kier alpha value is -2.83. The van der Waals surface area contributed by atoms with Crippen LogP contribution in [0, 0.1) is 6.92 Å². The molecule has 8 heteroatoms. The maximum atomic E-state index is 12.7. The molecule has 0 fully saturated rings. The number of nitrogens with zero attached hydrogens (tertiary/aromatic N) is 1. The zero-order valence-electron chi connectivity index (χ0n) is 13.5. The van der Waals surface area contributed by atoms with Crippen molar-refractivity contribution in [3.05, 3.63) is 90.7 Å². The smallest absolute Gasteiger partial charge is 0.320 e. The van der Waals surface area contributed by atoms with Crippen LogP contribution in [0.15, 0.2) is 58.3 Å². The lowest BCUT2D eigenvalue weighted by atomic mass is 10.2. The van der Waals surface area contributed by atoms with Gasteiger partial charge in [0.05, 0.1) is 16.4 Å². The summed E-state index contributed by atoms with van der Waals surface area (Å²) in [6, 6.07) is 11.3. The zero-order valence-corrected chi connectivity index (χ0v) is 15.1. The van der Waals surface area contributed by atoms with Crippen molar-refractivity contribution in [2.45, 2.75) is 6.92 Å². The number of nitrogens with one attached hydrogen (secondary N) is 2. The number of aromatic nitrogens is 2. The first-order valence-electron chi connectivity index (χ1n) is 7.55. The Morgan fingerprint density at radius 3 is 2.46 bits per heavy atom. The summed E-state index contributed by atoms with van der Waals surface area (Å²) in [5, 5.41) is 3.17. The number of hydrogen-bond donors (Lipinski definition) is 2. The van der Waals surface area contributed by atoms with Crippen molar-refractivity contribution in [2.24, 2.45) is 0 Å². The number of aromatic amines is 1. The SMILES string of the molecule is Cc1ccc(-n2c(=O)[nH]cc(C(=O)Nc3cc(Cl)ccc3Cl)c2=O)cc1. The van der Waals surface area contributed by atoms with Crippen LogP contribution in [-0.2, 0) is 0 Å². The standard InChI is InChI=1S/C18H13Cl2N3O3/c1-10-2-5-12(6-3-10)23-17(25)13(9-21-18(23)26)16(24)22-15-8-11(19)4-7-14(15)20/h2-9H,1H3,(H,21,26)(H,22,24). The molecular weight excluding hydrogens is 377 g/mol. The van der Waals surface area contributed by atoms with Gasteiger partial charge in [-0.2, -0.15) is 0 Å². The fourth-order valence-corrected chi connectivity index (χ4v) is 2.68. The van der Waals surface area contributed by atoms with Crippen LogP contribution in [0.2, 0.25) is 10.0 Å². The largest absolute Gasteiger partial charge is 0.333 e.